The summed E-state index contributed by atoms with van der Waals surface area (Å²) in [5.41, 5.74) is 1.40. The highest BCUT2D eigenvalue weighted by atomic mass is 16.5. The molecule has 1 aliphatic rings. The SMILES string of the molecule is CC(COc1ccc(CCCN2CCOCC2)cc1)CN(C)C. The molecule has 0 N–H and O–H groups in total. The van der Waals surface area contributed by atoms with Crippen molar-refractivity contribution in [3.05, 3.63) is 29.8 Å². The predicted octanol–water partition coefficient (Wildman–Crippen LogP) is 2.53. The highest BCUT2D eigenvalue weighted by molar-refractivity contribution is 5.27. The van der Waals surface area contributed by atoms with Crippen LogP contribution in [-0.4, -0.2) is 69.9 Å². The molecule has 4 nitrogen and oxygen atoms in total. The minimum atomic E-state index is 0.540. The van der Waals surface area contributed by atoms with Crippen LogP contribution in [0.3, 0.4) is 0 Å². The molecule has 0 radical (unpaired) electrons. The molecule has 0 bridgehead atoms. The molecule has 1 heterocycles. The van der Waals surface area contributed by atoms with Crippen LogP contribution in [-0.2, 0) is 11.2 Å². The minimum absolute atomic E-state index is 0.540. The Hall–Kier alpha value is -1.10. The van der Waals surface area contributed by atoms with Crippen LogP contribution in [0, 0.1) is 5.92 Å². The normalized spacial score (nSPS) is 17.4. The number of rotatable bonds is 9. The molecular formula is C19H32N2O2. The zero-order chi connectivity index (χ0) is 16.5. The first-order chi connectivity index (χ1) is 11.1. The highest BCUT2D eigenvalue weighted by Gasteiger charge is 2.09. The topological polar surface area (TPSA) is 24.9 Å². The van der Waals surface area contributed by atoms with Crippen molar-refractivity contribution < 1.29 is 9.47 Å². The third kappa shape index (κ3) is 7.34. The van der Waals surface area contributed by atoms with Gasteiger partial charge in [-0.2, -0.15) is 0 Å². The number of nitrogens with zero attached hydrogens (tertiary/aromatic N) is 2. The van der Waals surface area contributed by atoms with Gasteiger partial charge in [-0.05, 0) is 51.2 Å². The van der Waals surface area contributed by atoms with Gasteiger partial charge in [-0.15, -0.1) is 0 Å². The Bertz CT molecular complexity index is 428. The van der Waals surface area contributed by atoms with E-state index in [1.807, 2.05) is 0 Å². The summed E-state index contributed by atoms with van der Waals surface area (Å²) in [6.45, 7) is 9.16. The molecule has 0 spiro atoms. The molecule has 1 atom stereocenters. The summed E-state index contributed by atoms with van der Waals surface area (Å²) in [5, 5.41) is 0. The van der Waals surface area contributed by atoms with E-state index in [0.29, 0.717) is 5.92 Å². The quantitative estimate of drug-likeness (QED) is 0.698. The minimum Gasteiger partial charge on any atom is -0.493 e. The summed E-state index contributed by atoms with van der Waals surface area (Å²) >= 11 is 0. The lowest BCUT2D eigenvalue weighted by atomic mass is 10.1. The lowest BCUT2D eigenvalue weighted by Crippen LogP contribution is -2.36. The third-order valence-corrected chi connectivity index (χ3v) is 4.18. The van der Waals surface area contributed by atoms with Gasteiger partial charge < -0.3 is 14.4 Å². The van der Waals surface area contributed by atoms with Crippen LogP contribution in [0.15, 0.2) is 24.3 Å². The van der Waals surface area contributed by atoms with Crippen LogP contribution in [0.5, 0.6) is 5.75 Å². The van der Waals surface area contributed by atoms with Crippen molar-refractivity contribution in [2.75, 3.05) is 60.1 Å². The van der Waals surface area contributed by atoms with Crippen LogP contribution in [0.25, 0.3) is 0 Å². The average Bonchev–Trinajstić information content (AvgIpc) is 2.54. The van der Waals surface area contributed by atoms with Crippen LogP contribution in [0.2, 0.25) is 0 Å². The second-order valence-corrected chi connectivity index (χ2v) is 6.88. The number of hydrogen-bond donors (Lipinski definition) is 0. The molecule has 0 amide bonds. The smallest absolute Gasteiger partial charge is 0.119 e. The maximum Gasteiger partial charge on any atom is 0.119 e. The standard InChI is InChI=1S/C19H32N2O2/c1-17(15-20(2)3)16-23-19-8-6-18(7-9-19)5-4-10-21-11-13-22-14-12-21/h6-9,17H,4-5,10-16H2,1-3H3. The van der Waals surface area contributed by atoms with Gasteiger partial charge in [-0.1, -0.05) is 19.1 Å². The molecular weight excluding hydrogens is 288 g/mol. The maximum absolute atomic E-state index is 5.87. The van der Waals surface area contributed by atoms with Crippen LogP contribution in [0.1, 0.15) is 18.9 Å². The summed E-state index contributed by atoms with van der Waals surface area (Å²) in [5.74, 6) is 1.52. The summed E-state index contributed by atoms with van der Waals surface area (Å²) < 4.78 is 11.3. The molecule has 2 rings (SSSR count). The van der Waals surface area contributed by atoms with Gasteiger partial charge in [-0.25, -0.2) is 0 Å². The first-order valence-electron chi connectivity index (χ1n) is 8.80. The largest absolute Gasteiger partial charge is 0.493 e. The van der Waals surface area contributed by atoms with Gasteiger partial charge in [0.05, 0.1) is 19.8 Å². The molecule has 0 aliphatic carbocycles. The number of ether oxygens (including phenoxy) is 2. The van der Waals surface area contributed by atoms with Crippen molar-refractivity contribution in [2.45, 2.75) is 19.8 Å². The van der Waals surface area contributed by atoms with E-state index in [1.54, 1.807) is 0 Å². The van der Waals surface area contributed by atoms with Gasteiger partial charge in [0.2, 0.25) is 0 Å². The molecule has 130 valence electrons. The van der Waals surface area contributed by atoms with E-state index in [1.165, 1.54) is 18.5 Å². The van der Waals surface area contributed by atoms with E-state index in [9.17, 15) is 0 Å². The van der Waals surface area contributed by atoms with Crippen LogP contribution < -0.4 is 4.74 Å². The van der Waals surface area contributed by atoms with Crippen molar-refractivity contribution in [3.8, 4) is 5.75 Å². The molecule has 1 unspecified atom stereocenters. The number of benzene rings is 1. The Kier molecular flexibility index (Phi) is 7.86. The number of hydrogen-bond acceptors (Lipinski definition) is 4. The van der Waals surface area contributed by atoms with E-state index in [0.717, 1.165) is 51.6 Å². The maximum atomic E-state index is 5.87. The third-order valence-electron chi connectivity index (χ3n) is 4.18. The monoisotopic (exact) mass is 320 g/mol. The fourth-order valence-corrected chi connectivity index (χ4v) is 3.00. The Morgan fingerprint density at radius 1 is 1.17 bits per heavy atom. The van der Waals surface area contributed by atoms with E-state index in [4.69, 9.17) is 9.47 Å². The van der Waals surface area contributed by atoms with Crippen molar-refractivity contribution in [1.82, 2.24) is 9.80 Å². The molecule has 4 heteroatoms. The van der Waals surface area contributed by atoms with Crippen molar-refractivity contribution >= 4 is 0 Å². The Balaban J connectivity index is 1.65. The van der Waals surface area contributed by atoms with Gasteiger partial charge in [0, 0.05) is 25.6 Å². The van der Waals surface area contributed by atoms with Gasteiger partial charge in [0.25, 0.3) is 0 Å². The van der Waals surface area contributed by atoms with Crippen molar-refractivity contribution in [3.63, 3.8) is 0 Å². The van der Waals surface area contributed by atoms with Crippen molar-refractivity contribution in [2.24, 2.45) is 5.92 Å². The molecule has 0 saturated carbocycles. The van der Waals surface area contributed by atoms with Crippen LogP contribution in [0.4, 0.5) is 0 Å². The van der Waals surface area contributed by atoms with Gasteiger partial charge in [0.15, 0.2) is 0 Å². The van der Waals surface area contributed by atoms with E-state index >= 15 is 0 Å². The van der Waals surface area contributed by atoms with Gasteiger partial charge >= 0.3 is 0 Å². The van der Waals surface area contributed by atoms with Crippen molar-refractivity contribution in [1.29, 1.82) is 0 Å². The predicted molar refractivity (Wildman–Crippen MR) is 95.2 cm³/mol. The second kappa shape index (κ2) is 9.91. The zero-order valence-electron chi connectivity index (χ0n) is 15.0. The van der Waals surface area contributed by atoms with E-state index in [2.05, 4.69) is 55.1 Å². The molecule has 1 aromatic rings. The molecule has 23 heavy (non-hydrogen) atoms. The molecule has 1 aromatic carbocycles. The molecule has 1 saturated heterocycles. The molecule has 0 aromatic heterocycles. The Morgan fingerprint density at radius 3 is 2.52 bits per heavy atom. The fourth-order valence-electron chi connectivity index (χ4n) is 3.00. The second-order valence-electron chi connectivity index (χ2n) is 6.88. The van der Waals surface area contributed by atoms with Crippen LogP contribution >= 0.6 is 0 Å². The summed E-state index contributed by atoms with van der Waals surface area (Å²) in [6.07, 6.45) is 2.34. The highest BCUT2D eigenvalue weighted by Crippen LogP contribution is 2.15. The lowest BCUT2D eigenvalue weighted by Gasteiger charge is -2.26. The fraction of sp³-hybridized carbons (Fsp3) is 0.684. The number of aryl methyl sites for hydroxylation is 1. The van der Waals surface area contributed by atoms with E-state index in [-0.39, 0.29) is 0 Å². The first-order valence-corrected chi connectivity index (χ1v) is 8.80. The first kappa shape index (κ1) is 18.2. The van der Waals surface area contributed by atoms with Gasteiger partial charge in [0.1, 0.15) is 5.75 Å². The van der Waals surface area contributed by atoms with E-state index < -0.39 is 0 Å². The summed E-state index contributed by atoms with van der Waals surface area (Å²) in [4.78, 5) is 4.69. The summed E-state index contributed by atoms with van der Waals surface area (Å²) in [7, 11) is 4.20. The lowest BCUT2D eigenvalue weighted by molar-refractivity contribution is 0.0374. The zero-order valence-corrected chi connectivity index (χ0v) is 15.0. The average molecular weight is 320 g/mol. The Labute approximate surface area is 141 Å². The number of morpholine rings is 1. The molecule has 1 fully saturated rings. The van der Waals surface area contributed by atoms with Gasteiger partial charge in [-0.3, -0.25) is 4.90 Å². The Morgan fingerprint density at radius 2 is 1.87 bits per heavy atom. The molecule has 1 aliphatic heterocycles. The summed E-state index contributed by atoms with van der Waals surface area (Å²) in [6, 6.07) is 8.61.